The standard InChI is InChI=1S/C22H32N6O3/c1-5-26(6-2)21(30)18-14-23-25-20(18)17-7-10-27(11-8-17)19(29)9-12-28-16(4)13-15(3)24-22(28)31/h13-14,17H,5-12H2,1-4H3,(H,23,25). The third-order valence-electron chi connectivity index (χ3n) is 6.10. The lowest BCUT2D eigenvalue weighted by molar-refractivity contribution is -0.132. The zero-order valence-corrected chi connectivity index (χ0v) is 18.8. The van der Waals surface area contributed by atoms with Gasteiger partial charge in [-0.1, -0.05) is 0 Å². The van der Waals surface area contributed by atoms with Crippen molar-refractivity contribution in [3.8, 4) is 0 Å². The summed E-state index contributed by atoms with van der Waals surface area (Å²) >= 11 is 0. The van der Waals surface area contributed by atoms with Gasteiger partial charge in [-0.3, -0.25) is 19.3 Å². The highest BCUT2D eigenvalue weighted by atomic mass is 16.2. The van der Waals surface area contributed by atoms with Gasteiger partial charge in [0.05, 0.1) is 17.5 Å². The lowest BCUT2D eigenvalue weighted by Gasteiger charge is -2.32. The van der Waals surface area contributed by atoms with Crippen LogP contribution in [0.2, 0.25) is 0 Å². The van der Waals surface area contributed by atoms with Crippen LogP contribution >= 0.6 is 0 Å². The van der Waals surface area contributed by atoms with Crippen LogP contribution in [0.5, 0.6) is 0 Å². The molecule has 0 spiro atoms. The van der Waals surface area contributed by atoms with Gasteiger partial charge in [0, 0.05) is 56.5 Å². The van der Waals surface area contributed by atoms with Gasteiger partial charge in [0.25, 0.3) is 5.91 Å². The number of aromatic amines is 1. The first-order valence-electron chi connectivity index (χ1n) is 11.0. The molecule has 2 aromatic heterocycles. The number of nitrogens with zero attached hydrogens (tertiary/aromatic N) is 5. The van der Waals surface area contributed by atoms with Crippen LogP contribution in [0.1, 0.15) is 66.5 Å². The van der Waals surface area contributed by atoms with Crippen molar-refractivity contribution in [1.82, 2.24) is 29.5 Å². The summed E-state index contributed by atoms with van der Waals surface area (Å²) in [5.41, 5.74) is 2.69. The normalized spacial score (nSPS) is 14.6. The first-order valence-corrected chi connectivity index (χ1v) is 11.0. The van der Waals surface area contributed by atoms with Crippen molar-refractivity contribution in [2.24, 2.45) is 0 Å². The minimum Gasteiger partial charge on any atom is -0.343 e. The smallest absolute Gasteiger partial charge is 0.343 e. The van der Waals surface area contributed by atoms with E-state index in [1.165, 1.54) is 0 Å². The molecule has 9 heteroatoms. The lowest BCUT2D eigenvalue weighted by Crippen LogP contribution is -2.39. The van der Waals surface area contributed by atoms with Crippen LogP contribution < -0.4 is 5.69 Å². The molecule has 0 radical (unpaired) electrons. The number of aromatic nitrogens is 4. The summed E-state index contributed by atoms with van der Waals surface area (Å²) < 4.78 is 1.55. The average molecular weight is 429 g/mol. The fourth-order valence-electron chi connectivity index (χ4n) is 4.29. The van der Waals surface area contributed by atoms with E-state index in [4.69, 9.17) is 0 Å². The highest BCUT2D eigenvalue weighted by Crippen LogP contribution is 2.29. The van der Waals surface area contributed by atoms with E-state index in [0.717, 1.165) is 24.2 Å². The van der Waals surface area contributed by atoms with Crippen LogP contribution in [-0.4, -0.2) is 67.5 Å². The SMILES string of the molecule is CCN(CC)C(=O)c1cn[nH]c1C1CCN(C(=O)CCn2c(C)cc(C)nc2=O)CC1. The van der Waals surface area contributed by atoms with Gasteiger partial charge < -0.3 is 9.80 Å². The molecule has 2 amide bonds. The fourth-order valence-corrected chi connectivity index (χ4v) is 4.29. The summed E-state index contributed by atoms with van der Waals surface area (Å²) in [6.07, 6.45) is 3.43. The molecule has 1 N–H and O–H groups in total. The molecule has 0 unspecified atom stereocenters. The molecule has 1 fully saturated rings. The molecule has 2 aromatic rings. The topological polar surface area (TPSA) is 104 Å². The quantitative estimate of drug-likeness (QED) is 0.725. The Bertz CT molecular complexity index is 983. The Hall–Kier alpha value is -2.97. The number of amides is 2. The Morgan fingerprint density at radius 2 is 1.87 bits per heavy atom. The number of nitrogens with one attached hydrogen (secondary N) is 1. The number of rotatable bonds is 7. The van der Waals surface area contributed by atoms with Gasteiger partial charge in [0.15, 0.2) is 0 Å². The summed E-state index contributed by atoms with van der Waals surface area (Å²) in [4.78, 5) is 45.2. The first-order chi connectivity index (χ1) is 14.8. The van der Waals surface area contributed by atoms with Crippen LogP contribution in [0.3, 0.4) is 0 Å². The van der Waals surface area contributed by atoms with Crippen LogP contribution in [0, 0.1) is 13.8 Å². The largest absolute Gasteiger partial charge is 0.347 e. The summed E-state index contributed by atoms with van der Waals surface area (Å²) in [6, 6.07) is 1.85. The second kappa shape index (κ2) is 9.89. The van der Waals surface area contributed by atoms with Crippen molar-refractivity contribution in [3.63, 3.8) is 0 Å². The van der Waals surface area contributed by atoms with E-state index in [9.17, 15) is 14.4 Å². The maximum absolute atomic E-state index is 12.8. The monoisotopic (exact) mass is 428 g/mol. The van der Waals surface area contributed by atoms with Crippen molar-refractivity contribution in [2.75, 3.05) is 26.2 Å². The molecule has 1 aliphatic rings. The predicted octanol–water partition coefficient (Wildman–Crippen LogP) is 1.86. The molecule has 0 atom stereocenters. The second-order valence-electron chi connectivity index (χ2n) is 8.05. The summed E-state index contributed by atoms with van der Waals surface area (Å²) in [6.45, 7) is 10.5. The molecular weight excluding hydrogens is 396 g/mol. The lowest BCUT2D eigenvalue weighted by atomic mass is 9.91. The van der Waals surface area contributed by atoms with E-state index in [2.05, 4.69) is 15.2 Å². The molecule has 1 aliphatic heterocycles. The maximum atomic E-state index is 12.8. The molecule has 3 rings (SSSR count). The molecule has 31 heavy (non-hydrogen) atoms. The highest BCUT2D eigenvalue weighted by molar-refractivity contribution is 5.95. The second-order valence-corrected chi connectivity index (χ2v) is 8.05. The summed E-state index contributed by atoms with van der Waals surface area (Å²) in [5.74, 6) is 0.210. The van der Waals surface area contributed by atoms with Gasteiger partial charge in [-0.05, 0) is 46.6 Å². The van der Waals surface area contributed by atoms with Crippen LogP contribution in [0.15, 0.2) is 17.1 Å². The Labute approximate surface area is 182 Å². The number of likely N-dealkylation sites (tertiary alicyclic amines) is 1. The third-order valence-corrected chi connectivity index (χ3v) is 6.10. The summed E-state index contributed by atoms with van der Waals surface area (Å²) in [7, 11) is 0. The predicted molar refractivity (Wildman–Crippen MR) is 117 cm³/mol. The van der Waals surface area contributed by atoms with Gasteiger partial charge in [0.1, 0.15) is 0 Å². The van der Waals surface area contributed by atoms with Crippen molar-refractivity contribution in [3.05, 3.63) is 45.4 Å². The highest BCUT2D eigenvalue weighted by Gasteiger charge is 2.29. The molecule has 0 aromatic carbocycles. The van der Waals surface area contributed by atoms with Crippen molar-refractivity contribution in [2.45, 2.75) is 59.4 Å². The number of aryl methyl sites for hydroxylation is 2. The van der Waals surface area contributed by atoms with Gasteiger partial charge in [-0.25, -0.2) is 4.79 Å². The van der Waals surface area contributed by atoms with Crippen molar-refractivity contribution < 1.29 is 9.59 Å². The zero-order chi connectivity index (χ0) is 22.5. The van der Waals surface area contributed by atoms with E-state index < -0.39 is 0 Å². The molecule has 0 bridgehead atoms. The molecule has 0 aliphatic carbocycles. The number of carbonyl (C=O) groups is 2. The Kier molecular flexibility index (Phi) is 7.25. The molecule has 0 saturated carbocycles. The van der Waals surface area contributed by atoms with E-state index >= 15 is 0 Å². The first kappa shape index (κ1) is 22.7. The van der Waals surface area contributed by atoms with E-state index in [1.807, 2.05) is 31.7 Å². The average Bonchev–Trinajstić information content (AvgIpc) is 3.23. The van der Waals surface area contributed by atoms with Crippen molar-refractivity contribution >= 4 is 11.8 Å². The molecule has 168 valence electrons. The van der Waals surface area contributed by atoms with Crippen LogP contribution in [0.25, 0.3) is 0 Å². The van der Waals surface area contributed by atoms with Crippen LogP contribution in [-0.2, 0) is 11.3 Å². The van der Waals surface area contributed by atoms with Gasteiger partial charge in [-0.15, -0.1) is 0 Å². The Balaban J connectivity index is 1.58. The number of hydrogen-bond acceptors (Lipinski definition) is 5. The maximum Gasteiger partial charge on any atom is 0.347 e. The Morgan fingerprint density at radius 1 is 1.19 bits per heavy atom. The number of hydrogen-bond donors (Lipinski definition) is 1. The van der Waals surface area contributed by atoms with E-state index in [-0.39, 0.29) is 29.8 Å². The van der Waals surface area contributed by atoms with E-state index in [1.54, 1.807) is 22.6 Å². The summed E-state index contributed by atoms with van der Waals surface area (Å²) in [5, 5.41) is 7.14. The molecule has 3 heterocycles. The minimum absolute atomic E-state index is 0.000208. The minimum atomic E-state index is -0.311. The zero-order valence-electron chi connectivity index (χ0n) is 18.8. The number of piperidine rings is 1. The van der Waals surface area contributed by atoms with Crippen LogP contribution in [0.4, 0.5) is 0 Å². The number of carbonyl (C=O) groups excluding carboxylic acids is 2. The van der Waals surface area contributed by atoms with E-state index in [0.29, 0.717) is 44.0 Å². The molecule has 1 saturated heterocycles. The van der Waals surface area contributed by atoms with Gasteiger partial charge >= 0.3 is 5.69 Å². The number of H-pyrrole nitrogens is 1. The fraction of sp³-hybridized carbons (Fsp3) is 0.591. The third kappa shape index (κ3) is 5.03. The van der Waals surface area contributed by atoms with Gasteiger partial charge in [0.2, 0.25) is 5.91 Å². The Morgan fingerprint density at radius 3 is 2.48 bits per heavy atom. The van der Waals surface area contributed by atoms with Gasteiger partial charge in [-0.2, -0.15) is 10.1 Å². The molecular formula is C22H32N6O3. The van der Waals surface area contributed by atoms with Crippen molar-refractivity contribution in [1.29, 1.82) is 0 Å². The molecule has 9 nitrogen and oxygen atoms in total.